The van der Waals surface area contributed by atoms with E-state index in [4.69, 9.17) is 0 Å². The molecule has 1 N–H and O–H groups in total. The summed E-state index contributed by atoms with van der Waals surface area (Å²) in [5, 5.41) is 16.4. The molecular weight excluding hydrogens is 227 g/mol. The molecule has 0 spiro atoms. The van der Waals surface area contributed by atoms with Crippen LogP contribution in [-0.2, 0) is 6.18 Å². The van der Waals surface area contributed by atoms with Crippen LogP contribution in [0.2, 0.25) is 0 Å². The molecule has 16 heavy (non-hydrogen) atoms. The number of alkyl halides is 3. The van der Waals surface area contributed by atoms with Crippen molar-refractivity contribution in [2.24, 2.45) is 0 Å². The van der Waals surface area contributed by atoms with E-state index in [1.807, 2.05) is 0 Å². The maximum absolute atomic E-state index is 12.4. The van der Waals surface area contributed by atoms with Gasteiger partial charge in [0, 0.05) is 6.07 Å². The van der Waals surface area contributed by atoms with E-state index in [1.165, 1.54) is 0 Å². The predicted molar refractivity (Wildman–Crippen MR) is 47.8 cm³/mol. The van der Waals surface area contributed by atoms with Gasteiger partial charge in [-0.3, -0.25) is 15.2 Å². The summed E-state index contributed by atoms with van der Waals surface area (Å²) in [5.74, 6) is 0. The molecule has 0 unspecified atom stereocenters. The zero-order valence-corrected chi connectivity index (χ0v) is 7.58. The number of fused-ring (bicyclic) bond motifs is 1. The van der Waals surface area contributed by atoms with Crippen LogP contribution >= 0.6 is 0 Å². The summed E-state index contributed by atoms with van der Waals surface area (Å²) in [6.07, 6.45) is -3.50. The first-order valence-electron chi connectivity index (χ1n) is 4.08. The SMILES string of the molecule is O=[N+]([O-])c1cc(C(F)(F)F)cc2[nH]ncc12. The van der Waals surface area contributed by atoms with Crippen LogP contribution in [0.5, 0.6) is 0 Å². The molecule has 1 heterocycles. The number of benzene rings is 1. The highest BCUT2D eigenvalue weighted by Crippen LogP contribution is 2.35. The van der Waals surface area contributed by atoms with Crippen molar-refractivity contribution in [3.8, 4) is 0 Å². The van der Waals surface area contributed by atoms with Crippen molar-refractivity contribution < 1.29 is 18.1 Å². The van der Waals surface area contributed by atoms with Crippen LogP contribution in [-0.4, -0.2) is 15.1 Å². The second-order valence-corrected chi connectivity index (χ2v) is 3.08. The predicted octanol–water partition coefficient (Wildman–Crippen LogP) is 2.49. The standard InChI is InChI=1S/C8H4F3N3O2/c9-8(10,11)4-1-6-5(3-12-13-6)7(2-4)14(15)16/h1-3H,(H,12,13). The summed E-state index contributed by atoms with van der Waals surface area (Å²) in [5.41, 5.74) is -1.70. The number of hydrogen-bond acceptors (Lipinski definition) is 3. The van der Waals surface area contributed by atoms with Crippen LogP contribution in [0, 0.1) is 10.1 Å². The summed E-state index contributed by atoms with van der Waals surface area (Å²) in [7, 11) is 0. The number of aromatic amines is 1. The Hall–Kier alpha value is -2.12. The first kappa shape index (κ1) is 10.4. The highest BCUT2D eigenvalue weighted by atomic mass is 19.4. The molecule has 0 aliphatic heterocycles. The van der Waals surface area contributed by atoms with Gasteiger partial charge in [-0.05, 0) is 6.07 Å². The molecule has 5 nitrogen and oxygen atoms in total. The second kappa shape index (κ2) is 3.19. The van der Waals surface area contributed by atoms with Crippen molar-refractivity contribution in [2.75, 3.05) is 0 Å². The lowest BCUT2D eigenvalue weighted by molar-refractivity contribution is -0.383. The zero-order valence-electron chi connectivity index (χ0n) is 7.58. The molecule has 0 saturated carbocycles. The average Bonchev–Trinajstić information content (AvgIpc) is 2.61. The summed E-state index contributed by atoms with van der Waals surface area (Å²) in [6.45, 7) is 0. The van der Waals surface area contributed by atoms with Gasteiger partial charge in [-0.2, -0.15) is 18.3 Å². The van der Waals surface area contributed by atoms with Gasteiger partial charge in [0.2, 0.25) is 0 Å². The number of non-ortho nitro benzene ring substituents is 1. The topological polar surface area (TPSA) is 71.8 Å². The van der Waals surface area contributed by atoms with Gasteiger partial charge in [-0.1, -0.05) is 0 Å². The van der Waals surface area contributed by atoms with Gasteiger partial charge in [0.25, 0.3) is 5.69 Å². The van der Waals surface area contributed by atoms with Crippen LogP contribution < -0.4 is 0 Å². The number of hydrogen-bond donors (Lipinski definition) is 1. The molecule has 8 heteroatoms. The molecular formula is C8H4F3N3O2. The van der Waals surface area contributed by atoms with E-state index in [0.717, 1.165) is 12.3 Å². The maximum atomic E-state index is 12.4. The Labute approximate surface area is 86.0 Å². The third-order valence-electron chi connectivity index (χ3n) is 2.06. The fourth-order valence-electron chi connectivity index (χ4n) is 1.35. The molecule has 0 bridgehead atoms. The lowest BCUT2D eigenvalue weighted by Gasteiger charge is -2.06. The van der Waals surface area contributed by atoms with Gasteiger partial charge in [0.05, 0.1) is 27.6 Å². The lowest BCUT2D eigenvalue weighted by atomic mass is 10.1. The Balaban J connectivity index is 2.76. The van der Waals surface area contributed by atoms with E-state index < -0.39 is 22.4 Å². The highest BCUT2D eigenvalue weighted by Gasteiger charge is 2.33. The third kappa shape index (κ3) is 1.58. The van der Waals surface area contributed by atoms with E-state index in [0.29, 0.717) is 6.07 Å². The van der Waals surface area contributed by atoms with Gasteiger partial charge >= 0.3 is 6.18 Å². The van der Waals surface area contributed by atoms with E-state index in [9.17, 15) is 23.3 Å². The minimum Gasteiger partial charge on any atom is -0.278 e. The molecule has 1 aromatic carbocycles. The number of nitrogens with zero attached hydrogens (tertiary/aromatic N) is 2. The first-order chi connectivity index (χ1) is 7.39. The molecule has 1 aromatic heterocycles. The quantitative estimate of drug-likeness (QED) is 0.605. The summed E-state index contributed by atoms with van der Waals surface area (Å²) in [6, 6.07) is 1.28. The van der Waals surface area contributed by atoms with E-state index in [2.05, 4.69) is 10.2 Å². The van der Waals surface area contributed by atoms with Crippen molar-refractivity contribution in [1.29, 1.82) is 0 Å². The van der Waals surface area contributed by atoms with Gasteiger partial charge in [0.15, 0.2) is 0 Å². The second-order valence-electron chi connectivity index (χ2n) is 3.08. The Kier molecular flexibility index (Phi) is 2.07. The molecule has 0 aliphatic carbocycles. The monoisotopic (exact) mass is 231 g/mol. The van der Waals surface area contributed by atoms with Gasteiger partial charge < -0.3 is 0 Å². The van der Waals surface area contributed by atoms with Crippen molar-refractivity contribution in [3.05, 3.63) is 34.0 Å². The Morgan fingerprint density at radius 3 is 2.62 bits per heavy atom. The van der Waals surface area contributed by atoms with E-state index in [-0.39, 0.29) is 10.9 Å². The summed E-state index contributed by atoms with van der Waals surface area (Å²) < 4.78 is 37.2. The number of rotatable bonds is 1. The Morgan fingerprint density at radius 2 is 2.06 bits per heavy atom. The van der Waals surface area contributed by atoms with Crippen molar-refractivity contribution in [3.63, 3.8) is 0 Å². The van der Waals surface area contributed by atoms with Gasteiger partial charge in [-0.25, -0.2) is 0 Å². The lowest BCUT2D eigenvalue weighted by Crippen LogP contribution is -2.05. The van der Waals surface area contributed by atoms with Crippen LogP contribution in [0.25, 0.3) is 10.9 Å². The van der Waals surface area contributed by atoms with Crippen LogP contribution in [0.4, 0.5) is 18.9 Å². The molecule has 2 aromatic rings. The number of nitro groups is 1. The summed E-state index contributed by atoms with van der Waals surface area (Å²) in [4.78, 5) is 9.72. The Morgan fingerprint density at radius 1 is 1.38 bits per heavy atom. The van der Waals surface area contributed by atoms with Crippen LogP contribution in [0.1, 0.15) is 5.56 Å². The molecule has 0 radical (unpaired) electrons. The van der Waals surface area contributed by atoms with Crippen molar-refractivity contribution >= 4 is 16.6 Å². The van der Waals surface area contributed by atoms with Crippen molar-refractivity contribution in [2.45, 2.75) is 6.18 Å². The fraction of sp³-hybridized carbons (Fsp3) is 0.125. The average molecular weight is 231 g/mol. The molecule has 84 valence electrons. The molecule has 0 aliphatic rings. The number of nitrogens with one attached hydrogen (secondary N) is 1. The molecule has 0 amide bonds. The zero-order chi connectivity index (χ0) is 11.9. The minimum absolute atomic E-state index is 0.0125. The molecule has 2 rings (SSSR count). The maximum Gasteiger partial charge on any atom is 0.416 e. The minimum atomic E-state index is -4.62. The summed E-state index contributed by atoms with van der Waals surface area (Å²) >= 11 is 0. The first-order valence-corrected chi connectivity index (χ1v) is 4.08. The molecule has 0 atom stereocenters. The van der Waals surface area contributed by atoms with Gasteiger partial charge in [0.1, 0.15) is 0 Å². The molecule has 0 saturated heterocycles. The van der Waals surface area contributed by atoms with Crippen molar-refractivity contribution in [1.82, 2.24) is 10.2 Å². The van der Waals surface area contributed by atoms with Crippen LogP contribution in [0.15, 0.2) is 18.3 Å². The Bertz CT molecular complexity index is 561. The number of nitro benzene ring substituents is 1. The van der Waals surface area contributed by atoms with Crippen LogP contribution in [0.3, 0.4) is 0 Å². The number of aromatic nitrogens is 2. The van der Waals surface area contributed by atoms with E-state index >= 15 is 0 Å². The number of halogens is 3. The highest BCUT2D eigenvalue weighted by molar-refractivity contribution is 5.88. The molecule has 0 fully saturated rings. The normalized spacial score (nSPS) is 11.9. The largest absolute Gasteiger partial charge is 0.416 e. The van der Waals surface area contributed by atoms with E-state index in [1.54, 1.807) is 0 Å². The van der Waals surface area contributed by atoms with Gasteiger partial charge in [-0.15, -0.1) is 0 Å². The number of H-pyrrole nitrogens is 1. The fourth-order valence-corrected chi connectivity index (χ4v) is 1.35. The smallest absolute Gasteiger partial charge is 0.278 e. The third-order valence-corrected chi connectivity index (χ3v) is 2.06.